The van der Waals surface area contributed by atoms with Gasteiger partial charge in [-0.3, -0.25) is 4.79 Å². The van der Waals surface area contributed by atoms with E-state index in [0.29, 0.717) is 15.4 Å². The highest BCUT2D eigenvalue weighted by Crippen LogP contribution is 2.34. The summed E-state index contributed by atoms with van der Waals surface area (Å²) in [5.41, 5.74) is 0.104. The zero-order valence-electron chi connectivity index (χ0n) is 8.71. The van der Waals surface area contributed by atoms with Crippen molar-refractivity contribution in [3.8, 4) is 17.4 Å². The Balaban J connectivity index is 2.74. The average Bonchev–Trinajstić information content (AvgIpc) is 2.81. The minimum Gasteiger partial charge on any atom is -0.453 e. The van der Waals surface area contributed by atoms with Crippen molar-refractivity contribution < 1.29 is 13.6 Å². The van der Waals surface area contributed by atoms with Crippen molar-refractivity contribution >= 4 is 40.5 Å². The van der Waals surface area contributed by atoms with Gasteiger partial charge >= 0.3 is 0 Å². The van der Waals surface area contributed by atoms with Crippen LogP contribution in [0.3, 0.4) is 0 Å². The maximum absolute atomic E-state index is 13.7. The Morgan fingerprint density at radius 1 is 1.50 bits per heavy atom. The number of hydrogen-bond donors (Lipinski definition) is 0. The van der Waals surface area contributed by atoms with Gasteiger partial charge in [-0.05, 0) is 40.8 Å². The summed E-state index contributed by atoms with van der Waals surface area (Å²) in [6, 6.07) is 6.12. The largest absolute Gasteiger partial charge is 0.453 e. The van der Waals surface area contributed by atoms with Crippen LogP contribution in [-0.2, 0) is 0 Å². The summed E-state index contributed by atoms with van der Waals surface area (Å²) in [7, 11) is 0. The quantitative estimate of drug-likeness (QED) is 0.452. The van der Waals surface area contributed by atoms with Crippen molar-refractivity contribution in [2.45, 2.75) is 0 Å². The summed E-state index contributed by atoms with van der Waals surface area (Å²) < 4.78 is 19.5. The number of furan rings is 1. The van der Waals surface area contributed by atoms with Gasteiger partial charge in [-0.25, -0.2) is 4.39 Å². The lowest BCUT2D eigenvalue weighted by Gasteiger charge is -2.06. The molecule has 0 aliphatic rings. The van der Waals surface area contributed by atoms with E-state index < -0.39 is 5.82 Å². The second-order valence-electron chi connectivity index (χ2n) is 3.34. The third kappa shape index (κ3) is 2.13. The first kappa shape index (κ1) is 13.1. The van der Waals surface area contributed by atoms with Gasteiger partial charge in [-0.2, -0.15) is 5.26 Å². The van der Waals surface area contributed by atoms with Crippen molar-refractivity contribution in [2.75, 3.05) is 0 Å². The molecule has 0 aliphatic heterocycles. The predicted molar refractivity (Wildman–Crippen MR) is 71.9 cm³/mol. The molecule has 6 heteroatoms. The number of hydrogen-bond acceptors (Lipinski definition) is 3. The van der Waals surface area contributed by atoms with Gasteiger partial charge in [0.2, 0.25) is 0 Å². The fourth-order valence-corrected chi connectivity index (χ4v) is 2.73. The van der Waals surface area contributed by atoms with Crippen LogP contribution in [0.15, 0.2) is 22.6 Å². The molecule has 0 unspecified atom stereocenters. The van der Waals surface area contributed by atoms with E-state index in [2.05, 4.69) is 0 Å². The van der Waals surface area contributed by atoms with Crippen molar-refractivity contribution in [3.05, 3.63) is 43.9 Å². The van der Waals surface area contributed by atoms with E-state index in [1.807, 2.05) is 22.6 Å². The van der Waals surface area contributed by atoms with Crippen LogP contribution in [0.2, 0.25) is 5.02 Å². The lowest BCUT2D eigenvalue weighted by atomic mass is 10.1. The summed E-state index contributed by atoms with van der Waals surface area (Å²) in [4.78, 5) is 10.6. The zero-order chi connectivity index (χ0) is 13.3. The summed E-state index contributed by atoms with van der Waals surface area (Å²) in [6.07, 6.45) is 0.536. The summed E-state index contributed by atoms with van der Waals surface area (Å²) in [6.45, 7) is 0. The molecule has 0 saturated carbocycles. The minimum atomic E-state index is -0.793. The maximum atomic E-state index is 13.7. The monoisotopic (exact) mass is 375 g/mol. The van der Waals surface area contributed by atoms with Gasteiger partial charge in [0.15, 0.2) is 17.9 Å². The molecule has 1 aromatic carbocycles. The van der Waals surface area contributed by atoms with Gasteiger partial charge < -0.3 is 4.42 Å². The van der Waals surface area contributed by atoms with Crippen molar-refractivity contribution in [2.24, 2.45) is 0 Å². The van der Waals surface area contributed by atoms with Crippen LogP contribution >= 0.6 is 34.2 Å². The molecule has 90 valence electrons. The van der Waals surface area contributed by atoms with Crippen LogP contribution in [-0.4, -0.2) is 6.29 Å². The average molecular weight is 376 g/mol. The molecule has 0 radical (unpaired) electrons. The van der Waals surface area contributed by atoms with Crippen LogP contribution in [0, 0.1) is 20.7 Å². The summed E-state index contributed by atoms with van der Waals surface area (Å²) in [5.74, 6) is -0.424. The Morgan fingerprint density at radius 2 is 2.22 bits per heavy atom. The van der Waals surface area contributed by atoms with Gasteiger partial charge in [-0.15, -0.1) is 0 Å². The van der Waals surface area contributed by atoms with E-state index in [-0.39, 0.29) is 22.1 Å². The first-order chi connectivity index (χ1) is 8.58. The number of carbonyl (C=O) groups excluding carboxylic acids is 1. The molecule has 0 spiro atoms. The van der Waals surface area contributed by atoms with Crippen LogP contribution in [0.1, 0.15) is 16.1 Å². The summed E-state index contributed by atoms with van der Waals surface area (Å²) >= 11 is 7.60. The Kier molecular flexibility index (Phi) is 3.68. The lowest BCUT2D eigenvalue weighted by molar-refractivity contribution is 0.110. The van der Waals surface area contributed by atoms with E-state index in [1.165, 1.54) is 18.2 Å². The highest BCUT2D eigenvalue weighted by Gasteiger charge is 2.20. The lowest BCUT2D eigenvalue weighted by Crippen LogP contribution is -1.94. The molecule has 0 atom stereocenters. The van der Waals surface area contributed by atoms with Crippen molar-refractivity contribution in [3.63, 3.8) is 0 Å². The highest BCUT2D eigenvalue weighted by atomic mass is 127. The van der Waals surface area contributed by atoms with Crippen LogP contribution in [0.4, 0.5) is 4.39 Å². The zero-order valence-corrected chi connectivity index (χ0v) is 11.6. The second kappa shape index (κ2) is 5.08. The van der Waals surface area contributed by atoms with Gasteiger partial charge in [0.25, 0.3) is 0 Å². The Bertz CT molecular complexity index is 675. The predicted octanol–water partition coefficient (Wildman–Crippen LogP) is 4.03. The first-order valence-corrected chi connectivity index (χ1v) is 6.17. The molecule has 0 bridgehead atoms. The number of aldehydes is 1. The molecule has 0 fully saturated rings. The number of nitriles is 1. The Morgan fingerprint density at radius 3 is 2.78 bits per heavy atom. The molecule has 0 saturated heterocycles. The highest BCUT2D eigenvalue weighted by molar-refractivity contribution is 14.1. The minimum absolute atomic E-state index is 0.111. The Hall–Kier alpha value is -1.39. The summed E-state index contributed by atoms with van der Waals surface area (Å²) in [5, 5.41) is 8.89. The first-order valence-electron chi connectivity index (χ1n) is 4.71. The third-order valence-corrected chi connectivity index (χ3v) is 3.40. The van der Waals surface area contributed by atoms with E-state index in [1.54, 1.807) is 6.07 Å². The van der Waals surface area contributed by atoms with Crippen LogP contribution < -0.4 is 0 Å². The van der Waals surface area contributed by atoms with Crippen molar-refractivity contribution in [1.29, 1.82) is 5.26 Å². The molecule has 2 rings (SSSR count). The standard InChI is InChI=1S/C12H4ClFINO2/c13-8-3-9(15)11(7(4-16)12(8)14)10-2-1-6(5-17)18-10/h1-3,5H. The van der Waals surface area contributed by atoms with E-state index in [0.717, 1.165) is 0 Å². The molecule has 2 aromatic rings. The molecule has 18 heavy (non-hydrogen) atoms. The molecular weight excluding hydrogens is 371 g/mol. The number of rotatable bonds is 2. The normalized spacial score (nSPS) is 10.1. The van der Waals surface area contributed by atoms with Crippen LogP contribution in [0.25, 0.3) is 11.3 Å². The molecule has 0 N–H and O–H groups in total. The van der Waals surface area contributed by atoms with E-state index in [4.69, 9.17) is 21.3 Å². The van der Waals surface area contributed by atoms with E-state index >= 15 is 0 Å². The smallest absolute Gasteiger partial charge is 0.185 e. The second-order valence-corrected chi connectivity index (χ2v) is 4.91. The van der Waals surface area contributed by atoms with Crippen LogP contribution in [0.5, 0.6) is 0 Å². The van der Waals surface area contributed by atoms with Gasteiger partial charge in [-0.1, -0.05) is 11.6 Å². The number of carbonyl (C=O) groups is 1. The fraction of sp³-hybridized carbons (Fsp3) is 0. The molecule has 1 heterocycles. The van der Waals surface area contributed by atoms with Gasteiger partial charge in [0.1, 0.15) is 17.4 Å². The molecule has 0 amide bonds. The molecule has 1 aromatic heterocycles. The topological polar surface area (TPSA) is 54.0 Å². The molecule has 0 aliphatic carbocycles. The van der Waals surface area contributed by atoms with Gasteiger partial charge in [0, 0.05) is 3.57 Å². The Labute approximate surface area is 120 Å². The van der Waals surface area contributed by atoms with Gasteiger partial charge in [0.05, 0.1) is 10.6 Å². The van der Waals surface area contributed by atoms with Crippen molar-refractivity contribution in [1.82, 2.24) is 0 Å². The maximum Gasteiger partial charge on any atom is 0.185 e. The van der Waals surface area contributed by atoms with E-state index in [9.17, 15) is 9.18 Å². The number of benzene rings is 1. The SMILES string of the molecule is N#Cc1c(F)c(Cl)cc(I)c1-c1ccc(C=O)o1. The molecule has 3 nitrogen and oxygen atoms in total. The number of nitrogens with zero attached hydrogens (tertiary/aromatic N) is 1. The number of halogens is 3. The fourth-order valence-electron chi connectivity index (χ4n) is 1.49. The molecular formula is C12H4ClFINO2. The third-order valence-electron chi connectivity index (χ3n) is 2.27.